The molecular weight excluding hydrogens is 434 g/mol. The number of hydrogen-bond acceptors (Lipinski definition) is 7. The van der Waals surface area contributed by atoms with Crippen LogP contribution in [0.3, 0.4) is 0 Å². The first-order valence-corrected chi connectivity index (χ1v) is 13.2. The van der Waals surface area contributed by atoms with Crippen LogP contribution in [-0.4, -0.2) is 55.1 Å². The van der Waals surface area contributed by atoms with E-state index in [2.05, 4.69) is 55.4 Å². The summed E-state index contributed by atoms with van der Waals surface area (Å²) in [4.78, 5) is 24.9. The minimum absolute atomic E-state index is 0.0240. The number of rotatable bonds is 5. The molecule has 0 unspecified atom stereocenters. The molecule has 2 heterocycles. The molecule has 194 valence electrons. The van der Waals surface area contributed by atoms with E-state index in [1.54, 1.807) is 5.23 Å². The number of methoxy groups -OCH3 is 1. The summed E-state index contributed by atoms with van der Waals surface area (Å²) in [7, 11) is 1.42. The average Bonchev–Trinajstić information content (AvgIpc) is 3.36. The molecule has 3 saturated carbocycles. The van der Waals surface area contributed by atoms with E-state index in [4.69, 9.17) is 23.9 Å². The predicted octanol–water partition coefficient (Wildman–Crippen LogP) is 4.74. The van der Waals surface area contributed by atoms with Gasteiger partial charge >= 0.3 is 5.97 Å². The molecule has 5 aliphatic rings. The Morgan fingerprint density at radius 3 is 2.35 bits per heavy atom. The Balaban J connectivity index is 1.39. The number of carbonyl (C=O) groups is 1. The van der Waals surface area contributed by atoms with E-state index < -0.39 is 12.4 Å². The van der Waals surface area contributed by atoms with Gasteiger partial charge in [0, 0.05) is 17.3 Å². The Bertz CT molecular complexity index is 824. The molecule has 2 aliphatic heterocycles. The van der Waals surface area contributed by atoms with Crippen molar-refractivity contribution >= 4 is 5.97 Å². The molecule has 0 N–H and O–H groups in total. The fraction of sp³-hybridized carbons (Fsp3) is 0.963. The lowest BCUT2D eigenvalue weighted by atomic mass is 9.70. The van der Waals surface area contributed by atoms with E-state index in [-0.39, 0.29) is 51.8 Å². The third-order valence-electron chi connectivity index (χ3n) is 10.6. The summed E-state index contributed by atoms with van der Waals surface area (Å²) < 4.78 is 18.6. The summed E-state index contributed by atoms with van der Waals surface area (Å²) in [6.07, 6.45) is 3.23. The van der Waals surface area contributed by atoms with Crippen LogP contribution in [0.2, 0.25) is 0 Å². The third kappa shape index (κ3) is 3.29. The number of ether oxygens (including phenoxy) is 3. The molecule has 0 amide bonds. The van der Waals surface area contributed by atoms with Crippen molar-refractivity contribution in [2.45, 2.75) is 111 Å². The van der Waals surface area contributed by atoms with Crippen molar-refractivity contribution in [2.24, 2.45) is 39.9 Å². The predicted molar refractivity (Wildman–Crippen MR) is 126 cm³/mol. The zero-order valence-corrected chi connectivity index (χ0v) is 22.6. The molecule has 0 radical (unpaired) electrons. The van der Waals surface area contributed by atoms with Gasteiger partial charge in [-0.1, -0.05) is 53.7 Å². The van der Waals surface area contributed by atoms with Crippen molar-refractivity contribution in [1.29, 1.82) is 0 Å². The average molecular weight is 480 g/mol. The molecule has 3 aliphatic carbocycles. The van der Waals surface area contributed by atoms with Crippen LogP contribution in [0, 0.1) is 39.9 Å². The largest absolute Gasteiger partial charge is 0.467 e. The molecule has 2 bridgehead atoms. The van der Waals surface area contributed by atoms with Gasteiger partial charge in [0.15, 0.2) is 12.4 Å². The van der Waals surface area contributed by atoms with E-state index in [9.17, 15) is 4.79 Å². The highest BCUT2D eigenvalue weighted by atomic mass is 17.0. The van der Waals surface area contributed by atoms with Crippen molar-refractivity contribution in [3.63, 3.8) is 0 Å². The lowest BCUT2D eigenvalue weighted by Crippen LogP contribution is -2.59. The summed E-state index contributed by atoms with van der Waals surface area (Å²) >= 11 is 0. The van der Waals surface area contributed by atoms with Gasteiger partial charge in [0.05, 0.1) is 31.5 Å². The second kappa shape index (κ2) is 7.88. The van der Waals surface area contributed by atoms with Gasteiger partial charge in [-0.25, -0.2) is 9.63 Å². The van der Waals surface area contributed by atoms with Gasteiger partial charge in [0.2, 0.25) is 0 Å². The first kappa shape index (κ1) is 24.9. The highest BCUT2D eigenvalue weighted by Gasteiger charge is 2.70. The SMILES string of the molecule is COC(=O)[C@H]1ON2O[C@@H](O[C@@H]3[C@H]4CC[C@@](C)([C@@H]3OCC(C)(C)C)C4(C)C)[C@H](C)[C@@H]3CC[C@H]1[C@@]32C. The van der Waals surface area contributed by atoms with E-state index in [0.717, 1.165) is 19.3 Å². The first-order valence-electron chi connectivity index (χ1n) is 13.2. The summed E-state index contributed by atoms with van der Waals surface area (Å²) in [5.74, 6) is 0.668. The van der Waals surface area contributed by atoms with Gasteiger partial charge in [0.1, 0.15) is 0 Å². The van der Waals surface area contributed by atoms with Crippen LogP contribution >= 0.6 is 0 Å². The maximum Gasteiger partial charge on any atom is 0.337 e. The molecule has 0 aromatic carbocycles. The number of esters is 1. The van der Waals surface area contributed by atoms with Gasteiger partial charge in [-0.3, -0.25) is 4.84 Å². The molecule has 2 saturated heterocycles. The minimum atomic E-state index is -0.617. The summed E-state index contributed by atoms with van der Waals surface area (Å²) in [6, 6.07) is 0. The van der Waals surface area contributed by atoms with Crippen LogP contribution < -0.4 is 0 Å². The number of hydroxylamine groups is 2. The van der Waals surface area contributed by atoms with Gasteiger partial charge in [0.25, 0.3) is 0 Å². The molecule has 34 heavy (non-hydrogen) atoms. The maximum atomic E-state index is 12.4. The zero-order valence-electron chi connectivity index (χ0n) is 22.6. The number of nitrogens with zero attached hydrogens (tertiary/aromatic N) is 1. The fourth-order valence-electron chi connectivity index (χ4n) is 8.18. The summed E-state index contributed by atoms with van der Waals surface area (Å²) in [5.41, 5.74) is -0.0571. The van der Waals surface area contributed by atoms with Crippen molar-refractivity contribution in [3.8, 4) is 0 Å². The van der Waals surface area contributed by atoms with Gasteiger partial charge in [-0.05, 0) is 55.3 Å². The Hall–Kier alpha value is -0.730. The van der Waals surface area contributed by atoms with Gasteiger partial charge in [-0.2, -0.15) is 0 Å². The smallest absolute Gasteiger partial charge is 0.337 e. The molecule has 0 spiro atoms. The van der Waals surface area contributed by atoms with Crippen molar-refractivity contribution in [1.82, 2.24) is 5.23 Å². The quantitative estimate of drug-likeness (QED) is 0.528. The van der Waals surface area contributed by atoms with Crippen LogP contribution in [0.5, 0.6) is 0 Å². The van der Waals surface area contributed by atoms with Crippen LogP contribution in [0.1, 0.15) is 81.1 Å². The molecule has 7 nitrogen and oxygen atoms in total. The molecule has 5 rings (SSSR count). The lowest BCUT2D eigenvalue weighted by molar-refractivity contribution is -0.475. The molecular formula is C27H45NO6. The van der Waals surface area contributed by atoms with Crippen LogP contribution in [0.25, 0.3) is 0 Å². The topological polar surface area (TPSA) is 66.5 Å². The standard InChI is InChI=1S/C27H45NO6/c1-15-16-10-11-18-20(22(29)30-9)33-28(27(16,18)8)34-23(15)32-19-17-12-13-26(7,25(17,5)6)21(19)31-14-24(2,3)4/h15-21,23H,10-14H2,1-9H3/t15-,16+,17-,18-,19-,20+,21-,23-,26+,27-/m1/s1. The van der Waals surface area contributed by atoms with E-state index in [1.807, 2.05) is 0 Å². The third-order valence-corrected chi connectivity index (χ3v) is 10.6. The Labute approximate surface area is 205 Å². The lowest BCUT2D eigenvalue weighted by Gasteiger charge is -2.49. The van der Waals surface area contributed by atoms with Crippen molar-refractivity contribution < 1.29 is 28.7 Å². The minimum Gasteiger partial charge on any atom is -0.467 e. The second-order valence-electron chi connectivity index (χ2n) is 13.8. The summed E-state index contributed by atoms with van der Waals surface area (Å²) in [6.45, 7) is 18.9. The normalized spacial score (nSPS) is 49.4. The van der Waals surface area contributed by atoms with Gasteiger partial charge < -0.3 is 14.2 Å². The molecule has 10 atom stereocenters. The van der Waals surface area contributed by atoms with Crippen LogP contribution in [-0.2, 0) is 28.7 Å². The molecule has 7 heteroatoms. The monoisotopic (exact) mass is 479 g/mol. The molecule has 0 aromatic heterocycles. The summed E-state index contributed by atoms with van der Waals surface area (Å²) in [5, 5.41) is 1.60. The highest BCUT2D eigenvalue weighted by molar-refractivity contribution is 5.75. The highest BCUT2D eigenvalue weighted by Crippen LogP contribution is 2.67. The zero-order chi connectivity index (χ0) is 24.8. The fourth-order valence-corrected chi connectivity index (χ4v) is 8.18. The molecule has 0 aromatic rings. The number of fused-ring (bicyclic) bond motifs is 2. The molecule has 5 fully saturated rings. The Kier molecular flexibility index (Phi) is 5.78. The number of hydrogen-bond donors (Lipinski definition) is 0. The van der Waals surface area contributed by atoms with E-state index in [1.165, 1.54) is 13.5 Å². The van der Waals surface area contributed by atoms with E-state index >= 15 is 0 Å². The second-order valence-corrected chi connectivity index (χ2v) is 13.8. The number of carbonyl (C=O) groups excluding carboxylic acids is 1. The Morgan fingerprint density at radius 2 is 1.71 bits per heavy atom. The Morgan fingerprint density at radius 1 is 1.03 bits per heavy atom. The van der Waals surface area contributed by atoms with Crippen molar-refractivity contribution in [2.75, 3.05) is 13.7 Å². The maximum absolute atomic E-state index is 12.4. The van der Waals surface area contributed by atoms with Crippen LogP contribution in [0.15, 0.2) is 0 Å². The van der Waals surface area contributed by atoms with Crippen LogP contribution in [0.4, 0.5) is 0 Å². The first-order chi connectivity index (χ1) is 15.8. The van der Waals surface area contributed by atoms with Crippen molar-refractivity contribution in [3.05, 3.63) is 0 Å². The van der Waals surface area contributed by atoms with Gasteiger partial charge in [-0.15, -0.1) is 0 Å². The van der Waals surface area contributed by atoms with E-state index in [0.29, 0.717) is 18.4 Å².